The fraction of sp³-hybridized carbons (Fsp3) is 0.133. The summed E-state index contributed by atoms with van der Waals surface area (Å²) in [5.41, 5.74) is 11.0. The molecule has 0 atom stereocenters. The summed E-state index contributed by atoms with van der Waals surface area (Å²) in [4.78, 5) is 20.5. The van der Waals surface area contributed by atoms with Gasteiger partial charge in [-0.1, -0.05) is 6.07 Å². The number of amides is 1. The number of aryl methyl sites for hydroxylation is 2. The number of fused-ring (bicyclic) bond motifs is 2. The Morgan fingerprint density at radius 2 is 1.58 bits per heavy atom. The van der Waals surface area contributed by atoms with E-state index in [1.54, 1.807) is 6.07 Å². The van der Waals surface area contributed by atoms with Gasteiger partial charge in [-0.15, -0.1) is 0 Å². The molecule has 2 aromatic carbocycles. The van der Waals surface area contributed by atoms with Crippen LogP contribution in [0.1, 0.15) is 21.5 Å². The van der Waals surface area contributed by atoms with Crippen molar-refractivity contribution in [3.8, 4) is 0 Å². The Bertz CT molecular complexity index is 824. The zero-order valence-corrected chi connectivity index (χ0v) is 10.8. The van der Waals surface area contributed by atoms with E-state index < -0.39 is 5.91 Å². The Labute approximate surface area is 110 Å². The van der Waals surface area contributed by atoms with E-state index in [0.29, 0.717) is 11.1 Å². The van der Waals surface area contributed by atoms with Crippen molar-refractivity contribution >= 4 is 28.0 Å². The molecule has 1 amide bonds. The highest BCUT2D eigenvalue weighted by Gasteiger charge is 2.09. The number of primary amides is 1. The highest BCUT2D eigenvalue weighted by Crippen LogP contribution is 2.20. The van der Waals surface area contributed by atoms with E-state index in [9.17, 15) is 4.79 Å². The van der Waals surface area contributed by atoms with E-state index in [-0.39, 0.29) is 0 Å². The summed E-state index contributed by atoms with van der Waals surface area (Å²) in [6.07, 6.45) is 0. The number of benzene rings is 2. The maximum absolute atomic E-state index is 11.3. The summed E-state index contributed by atoms with van der Waals surface area (Å²) in [7, 11) is 0. The predicted molar refractivity (Wildman–Crippen MR) is 75.0 cm³/mol. The first kappa shape index (κ1) is 11.6. The lowest BCUT2D eigenvalue weighted by atomic mass is 10.1. The van der Waals surface area contributed by atoms with E-state index in [2.05, 4.69) is 9.97 Å². The number of nitrogens with two attached hydrogens (primary N) is 1. The Morgan fingerprint density at radius 1 is 0.947 bits per heavy atom. The number of nitrogens with zero attached hydrogens (tertiary/aromatic N) is 2. The number of aromatic nitrogens is 2. The van der Waals surface area contributed by atoms with Crippen LogP contribution in [-0.2, 0) is 0 Å². The normalized spacial score (nSPS) is 11.1. The number of carbonyl (C=O) groups is 1. The Kier molecular flexibility index (Phi) is 2.45. The SMILES string of the molecule is Cc1ccc2nc3cc(C(N)=O)c(C)cc3nc2c1. The van der Waals surface area contributed by atoms with Gasteiger partial charge in [0.05, 0.1) is 22.1 Å². The van der Waals surface area contributed by atoms with Crippen molar-refractivity contribution in [2.45, 2.75) is 13.8 Å². The molecule has 0 saturated carbocycles. The lowest BCUT2D eigenvalue weighted by Crippen LogP contribution is -2.12. The smallest absolute Gasteiger partial charge is 0.249 e. The molecular weight excluding hydrogens is 238 g/mol. The minimum absolute atomic E-state index is 0.440. The third-order valence-electron chi connectivity index (χ3n) is 3.20. The van der Waals surface area contributed by atoms with Crippen molar-refractivity contribution in [1.29, 1.82) is 0 Å². The molecule has 0 spiro atoms. The number of hydrogen-bond acceptors (Lipinski definition) is 3. The summed E-state index contributed by atoms with van der Waals surface area (Å²) in [6.45, 7) is 3.87. The molecule has 1 heterocycles. The molecule has 0 radical (unpaired) electrons. The molecule has 19 heavy (non-hydrogen) atoms. The monoisotopic (exact) mass is 251 g/mol. The van der Waals surface area contributed by atoms with E-state index in [1.165, 1.54) is 0 Å². The van der Waals surface area contributed by atoms with Gasteiger partial charge in [0, 0.05) is 5.56 Å². The number of hydrogen-bond donors (Lipinski definition) is 1. The molecule has 4 heteroatoms. The van der Waals surface area contributed by atoms with Crippen LogP contribution in [0.3, 0.4) is 0 Å². The average molecular weight is 251 g/mol. The Morgan fingerprint density at radius 3 is 2.32 bits per heavy atom. The van der Waals surface area contributed by atoms with Crippen LogP contribution in [0.25, 0.3) is 22.1 Å². The van der Waals surface area contributed by atoms with Gasteiger partial charge in [0.2, 0.25) is 5.91 Å². The van der Waals surface area contributed by atoms with Gasteiger partial charge in [-0.3, -0.25) is 4.79 Å². The van der Waals surface area contributed by atoms with Crippen LogP contribution in [-0.4, -0.2) is 15.9 Å². The van der Waals surface area contributed by atoms with Gasteiger partial charge in [-0.25, -0.2) is 9.97 Å². The van der Waals surface area contributed by atoms with Crippen LogP contribution < -0.4 is 5.73 Å². The lowest BCUT2D eigenvalue weighted by molar-refractivity contribution is 0.1000. The third-order valence-corrected chi connectivity index (χ3v) is 3.20. The third kappa shape index (κ3) is 1.91. The zero-order valence-electron chi connectivity index (χ0n) is 10.8. The number of rotatable bonds is 1. The molecule has 0 saturated heterocycles. The first-order valence-electron chi connectivity index (χ1n) is 6.03. The maximum atomic E-state index is 11.3. The van der Waals surface area contributed by atoms with Gasteiger partial charge in [0.15, 0.2) is 0 Å². The van der Waals surface area contributed by atoms with Crippen LogP contribution in [0.5, 0.6) is 0 Å². The largest absolute Gasteiger partial charge is 0.366 e. The zero-order chi connectivity index (χ0) is 13.6. The second-order valence-corrected chi connectivity index (χ2v) is 4.74. The molecule has 3 rings (SSSR count). The minimum atomic E-state index is -0.440. The van der Waals surface area contributed by atoms with Gasteiger partial charge in [0.25, 0.3) is 0 Å². The molecule has 0 aliphatic carbocycles. The molecule has 94 valence electrons. The molecule has 0 aliphatic heterocycles. The summed E-state index contributed by atoms with van der Waals surface area (Å²) < 4.78 is 0. The average Bonchev–Trinajstić information content (AvgIpc) is 2.35. The first-order valence-corrected chi connectivity index (χ1v) is 6.03. The standard InChI is InChI=1S/C15H13N3O/c1-8-3-4-11-12(5-8)18-13-6-9(2)10(15(16)19)7-14(13)17-11/h3-7H,1-2H3,(H2,16,19). The van der Waals surface area contributed by atoms with Crippen LogP contribution in [0.15, 0.2) is 30.3 Å². The predicted octanol–water partition coefficient (Wildman–Crippen LogP) is 2.50. The summed E-state index contributed by atoms with van der Waals surface area (Å²) in [5.74, 6) is -0.440. The van der Waals surface area contributed by atoms with Crippen LogP contribution in [0.2, 0.25) is 0 Å². The summed E-state index contributed by atoms with van der Waals surface area (Å²) >= 11 is 0. The maximum Gasteiger partial charge on any atom is 0.249 e. The fourth-order valence-corrected chi connectivity index (χ4v) is 2.20. The van der Waals surface area contributed by atoms with Crippen molar-refractivity contribution in [2.24, 2.45) is 5.73 Å². The molecule has 1 aromatic heterocycles. The van der Waals surface area contributed by atoms with Crippen molar-refractivity contribution in [1.82, 2.24) is 9.97 Å². The molecule has 0 bridgehead atoms. The second kappa shape index (κ2) is 4.02. The summed E-state index contributed by atoms with van der Waals surface area (Å²) in [6, 6.07) is 9.48. The van der Waals surface area contributed by atoms with Gasteiger partial charge in [0.1, 0.15) is 0 Å². The van der Waals surface area contributed by atoms with Gasteiger partial charge in [-0.05, 0) is 49.2 Å². The van der Waals surface area contributed by atoms with E-state index >= 15 is 0 Å². The first-order chi connectivity index (χ1) is 9.04. The van der Waals surface area contributed by atoms with E-state index in [0.717, 1.165) is 27.7 Å². The molecule has 0 aliphatic rings. The van der Waals surface area contributed by atoms with Gasteiger partial charge in [-0.2, -0.15) is 0 Å². The topological polar surface area (TPSA) is 68.9 Å². The quantitative estimate of drug-likeness (QED) is 0.675. The lowest BCUT2D eigenvalue weighted by Gasteiger charge is -2.06. The molecule has 0 fully saturated rings. The van der Waals surface area contributed by atoms with Crippen LogP contribution in [0, 0.1) is 13.8 Å². The van der Waals surface area contributed by atoms with Gasteiger partial charge < -0.3 is 5.73 Å². The van der Waals surface area contributed by atoms with E-state index in [1.807, 2.05) is 38.1 Å². The fourth-order valence-electron chi connectivity index (χ4n) is 2.20. The van der Waals surface area contributed by atoms with Crippen LogP contribution >= 0.6 is 0 Å². The number of carbonyl (C=O) groups excluding carboxylic acids is 1. The van der Waals surface area contributed by atoms with Crippen molar-refractivity contribution in [3.05, 3.63) is 47.0 Å². The minimum Gasteiger partial charge on any atom is -0.366 e. The molecule has 0 unspecified atom stereocenters. The molecule has 4 nitrogen and oxygen atoms in total. The van der Waals surface area contributed by atoms with E-state index in [4.69, 9.17) is 5.73 Å². The van der Waals surface area contributed by atoms with Crippen molar-refractivity contribution in [2.75, 3.05) is 0 Å². The molecule has 2 N–H and O–H groups in total. The summed E-state index contributed by atoms with van der Waals surface area (Å²) in [5, 5.41) is 0. The molecular formula is C15H13N3O. The van der Waals surface area contributed by atoms with Crippen molar-refractivity contribution in [3.63, 3.8) is 0 Å². The van der Waals surface area contributed by atoms with Crippen molar-refractivity contribution < 1.29 is 4.79 Å². The Hall–Kier alpha value is -2.49. The second-order valence-electron chi connectivity index (χ2n) is 4.74. The highest BCUT2D eigenvalue weighted by atomic mass is 16.1. The molecule has 3 aromatic rings. The highest BCUT2D eigenvalue weighted by molar-refractivity contribution is 5.98. The van der Waals surface area contributed by atoms with Gasteiger partial charge >= 0.3 is 0 Å². The van der Waals surface area contributed by atoms with Crippen LogP contribution in [0.4, 0.5) is 0 Å². The Balaban J connectivity index is 2.38.